The fraction of sp³-hybridized carbons (Fsp3) is 0.333. The van der Waals surface area contributed by atoms with Gasteiger partial charge in [0.25, 0.3) is 0 Å². The number of halogens is 4. The van der Waals surface area contributed by atoms with Crippen LogP contribution in [0.1, 0.15) is 28.8 Å². The zero-order chi connectivity index (χ0) is 18.8. The summed E-state index contributed by atoms with van der Waals surface area (Å²) >= 11 is 6.26. The summed E-state index contributed by atoms with van der Waals surface area (Å²) in [6.07, 6.45) is -1.31. The van der Waals surface area contributed by atoms with Crippen LogP contribution in [0.4, 0.5) is 13.2 Å². The van der Waals surface area contributed by atoms with E-state index in [0.717, 1.165) is 56.6 Å². The van der Waals surface area contributed by atoms with Gasteiger partial charge in [0.2, 0.25) is 0 Å². The molecule has 6 heteroatoms. The van der Waals surface area contributed by atoms with Gasteiger partial charge in [0.15, 0.2) is 0 Å². The third-order valence-electron chi connectivity index (χ3n) is 5.73. The van der Waals surface area contributed by atoms with Crippen LogP contribution in [0.3, 0.4) is 0 Å². The summed E-state index contributed by atoms with van der Waals surface area (Å²) in [5.74, 6) is 0. The van der Waals surface area contributed by atoms with Crippen LogP contribution in [0.25, 0.3) is 22.0 Å². The molecule has 0 radical (unpaired) electrons. The average molecular weight is 391 g/mol. The Morgan fingerprint density at radius 3 is 2.70 bits per heavy atom. The third kappa shape index (κ3) is 2.67. The maximum atomic E-state index is 13.0. The predicted octanol–water partition coefficient (Wildman–Crippen LogP) is 5.57. The number of hydrogen-bond acceptors (Lipinski definition) is 1. The van der Waals surface area contributed by atoms with Crippen molar-refractivity contribution in [1.29, 1.82) is 0 Å². The SMILES string of the molecule is FC(F)(F)c1ccc(-c2cc3c4c(c2)c2c(n4CCC3)CCNC2)c(Cl)c1. The average Bonchev–Trinajstić information content (AvgIpc) is 2.97. The molecule has 0 saturated carbocycles. The summed E-state index contributed by atoms with van der Waals surface area (Å²) < 4.78 is 41.3. The van der Waals surface area contributed by atoms with Crippen LogP contribution in [0.5, 0.6) is 0 Å². The highest BCUT2D eigenvalue weighted by atomic mass is 35.5. The number of nitrogens with zero attached hydrogens (tertiary/aromatic N) is 1. The number of hydrogen-bond donors (Lipinski definition) is 1. The van der Waals surface area contributed by atoms with Crippen molar-refractivity contribution >= 4 is 22.5 Å². The maximum absolute atomic E-state index is 13.0. The molecule has 2 aromatic carbocycles. The number of benzene rings is 2. The molecule has 2 aliphatic heterocycles. The minimum atomic E-state index is -4.39. The first-order chi connectivity index (χ1) is 12.9. The van der Waals surface area contributed by atoms with Gasteiger partial charge >= 0.3 is 6.18 Å². The second-order valence-electron chi connectivity index (χ2n) is 7.33. The molecule has 0 saturated heterocycles. The van der Waals surface area contributed by atoms with E-state index < -0.39 is 11.7 Å². The second kappa shape index (κ2) is 6.01. The van der Waals surface area contributed by atoms with Gasteiger partial charge in [-0.05, 0) is 53.8 Å². The second-order valence-corrected chi connectivity index (χ2v) is 7.74. The van der Waals surface area contributed by atoms with E-state index in [9.17, 15) is 13.2 Å². The van der Waals surface area contributed by atoms with Crippen LogP contribution in [-0.2, 0) is 32.1 Å². The Balaban J connectivity index is 1.72. The van der Waals surface area contributed by atoms with Crippen molar-refractivity contribution in [3.63, 3.8) is 0 Å². The number of rotatable bonds is 1. The van der Waals surface area contributed by atoms with E-state index >= 15 is 0 Å². The predicted molar refractivity (Wildman–Crippen MR) is 101 cm³/mol. The Morgan fingerprint density at radius 1 is 1.07 bits per heavy atom. The smallest absolute Gasteiger partial charge is 0.344 e. The van der Waals surface area contributed by atoms with E-state index in [1.807, 2.05) is 0 Å². The minimum Gasteiger partial charge on any atom is -0.344 e. The zero-order valence-electron chi connectivity index (χ0n) is 14.6. The van der Waals surface area contributed by atoms with Crippen LogP contribution in [-0.4, -0.2) is 11.1 Å². The van der Waals surface area contributed by atoms with Crippen molar-refractivity contribution in [3.05, 3.63) is 57.7 Å². The lowest BCUT2D eigenvalue weighted by Crippen LogP contribution is -2.25. The molecule has 0 aliphatic carbocycles. The maximum Gasteiger partial charge on any atom is 0.416 e. The van der Waals surface area contributed by atoms with E-state index in [2.05, 4.69) is 22.0 Å². The van der Waals surface area contributed by atoms with Crippen LogP contribution in [0.2, 0.25) is 5.02 Å². The fourth-order valence-corrected chi connectivity index (χ4v) is 4.84. The lowest BCUT2D eigenvalue weighted by Gasteiger charge is -2.20. The molecule has 3 aromatic rings. The number of alkyl halides is 3. The summed E-state index contributed by atoms with van der Waals surface area (Å²) in [6, 6.07) is 7.82. The largest absolute Gasteiger partial charge is 0.416 e. The lowest BCUT2D eigenvalue weighted by atomic mass is 9.94. The van der Waals surface area contributed by atoms with Gasteiger partial charge in [0, 0.05) is 47.7 Å². The third-order valence-corrected chi connectivity index (χ3v) is 6.05. The molecule has 1 N–H and O–H groups in total. The molecule has 5 rings (SSSR count). The molecule has 0 unspecified atom stereocenters. The highest BCUT2D eigenvalue weighted by molar-refractivity contribution is 6.33. The van der Waals surface area contributed by atoms with Gasteiger partial charge in [-0.2, -0.15) is 13.2 Å². The van der Waals surface area contributed by atoms with Crippen molar-refractivity contribution in [2.45, 2.75) is 38.5 Å². The number of aromatic nitrogens is 1. The number of aryl methyl sites for hydroxylation is 2. The normalized spacial score (nSPS) is 16.6. The molecule has 140 valence electrons. The molecule has 0 bridgehead atoms. The van der Waals surface area contributed by atoms with Crippen molar-refractivity contribution < 1.29 is 13.2 Å². The van der Waals surface area contributed by atoms with Crippen LogP contribution in [0, 0.1) is 0 Å². The Labute approximate surface area is 159 Å². The van der Waals surface area contributed by atoms with Gasteiger partial charge in [0.05, 0.1) is 11.1 Å². The highest BCUT2D eigenvalue weighted by Crippen LogP contribution is 2.40. The van der Waals surface area contributed by atoms with E-state index in [0.29, 0.717) is 5.56 Å². The van der Waals surface area contributed by atoms with Gasteiger partial charge in [0.1, 0.15) is 0 Å². The summed E-state index contributed by atoms with van der Waals surface area (Å²) in [7, 11) is 0. The monoisotopic (exact) mass is 390 g/mol. The molecular weight excluding hydrogens is 373 g/mol. The molecule has 3 heterocycles. The molecule has 0 amide bonds. The molecule has 27 heavy (non-hydrogen) atoms. The van der Waals surface area contributed by atoms with Gasteiger partial charge in [-0.3, -0.25) is 0 Å². The number of nitrogens with one attached hydrogen (secondary N) is 1. The Morgan fingerprint density at radius 2 is 1.93 bits per heavy atom. The first-order valence-electron chi connectivity index (χ1n) is 9.18. The zero-order valence-corrected chi connectivity index (χ0v) is 15.3. The van der Waals surface area contributed by atoms with Gasteiger partial charge in [-0.15, -0.1) is 0 Å². The van der Waals surface area contributed by atoms with Gasteiger partial charge < -0.3 is 9.88 Å². The van der Waals surface area contributed by atoms with Crippen LogP contribution >= 0.6 is 11.6 Å². The highest BCUT2D eigenvalue weighted by Gasteiger charge is 2.31. The van der Waals surface area contributed by atoms with E-state index in [1.165, 1.54) is 33.8 Å². The van der Waals surface area contributed by atoms with Crippen molar-refractivity contribution in [2.24, 2.45) is 0 Å². The van der Waals surface area contributed by atoms with Crippen LogP contribution in [0.15, 0.2) is 30.3 Å². The van der Waals surface area contributed by atoms with Gasteiger partial charge in [-0.1, -0.05) is 17.7 Å². The van der Waals surface area contributed by atoms with E-state index in [4.69, 9.17) is 11.6 Å². The number of fused-ring (bicyclic) bond motifs is 3. The first kappa shape index (κ1) is 17.1. The first-order valence-corrected chi connectivity index (χ1v) is 9.56. The van der Waals surface area contributed by atoms with E-state index in [1.54, 1.807) is 0 Å². The van der Waals surface area contributed by atoms with Crippen molar-refractivity contribution in [2.75, 3.05) is 6.54 Å². The molecule has 0 spiro atoms. The summed E-state index contributed by atoms with van der Waals surface area (Å²) in [4.78, 5) is 0. The quantitative estimate of drug-likeness (QED) is 0.574. The molecular formula is C21H18ClF3N2. The summed E-state index contributed by atoms with van der Waals surface area (Å²) in [5, 5.41) is 4.79. The van der Waals surface area contributed by atoms with Gasteiger partial charge in [-0.25, -0.2) is 0 Å². The molecule has 2 aliphatic rings. The summed E-state index contributed by atoms with van der Waals surface area (Å²) in [5.41, 5.74) is 6.11. The van der Waals surface area contributed by atoms with Crippen molar-refractivity contribution in [1.82, 2.24) is 9.88 Å². The summed E-state index contributed by atoms with van der Waals surface area (Å²) in [6.45, 7) is 2.86. The van der Waals surface area contributed by atoms with E-state index in [-0.39, 0.29) is 5.02 Å². The minimum absolute atomic E-state index is 0.138. The Hall–Kier alpha value is -1.98. The Bertz CT molecular complexity index is 1070. The molecule has 0 fully saturated rings. The molecule has 0 atom stereocenters. The topological polar surface area (TPSA) is 17.0 Å². The standard InChI is InChI=1S/C21H18ClF3N2/c22-18-10-14(21(23,24)25)3-4-15(18)13-8-12-2-1-7-27-19-5-6-26-11-17(19)16(9-13)20(12)27/h3-4,8-10,26H,1-2,5-7,11H2. The fourth-order valence-electron chi connectivity index (χ4n) is 4.55. The lowest BCUT2D eigenvalue weighted by molar-refractivity contribution is -0.137. The molecule has 1 aromatic heterocycles. The van der Waals surface area contributed by atoms with Crippen molar-refractivity contribution in [3.8, 4) is 11.1 Å². The Kier molecular flexibility index (Phi) is 3.82. The van der Waals surface area contributed by atoms with Crippen LogP contribution < -0.4 is 5.32 Å². The molecule has 2 nitrogen and oxygen atoms in total.